The van der Waals surface area contributed by atoms with Crippen LogP contribution in [-0.4, -0.2) is 75.0 Å². The van der Waals surface area contributed by atoms with E-state index in [9.17, 15) is 13.6 Å². The molecule has 1 aromatic carbocycles. The molecule has 2 unspecified atom stereocenters. The Labute approximate surface area is 189 Å². The minimum Gasteiger partial charge on any atom is -0.484 e. The van der Waals surface area contributed by atoms with Crippen molar-refractivity contribution in [1.29, 1.82) is 0 Å². The Morgan fingerprint density at radius 1 is 1.09 bits per heavy atom. The van der Waals surface area contributed by atoms with Gasteiger partial charge in [-0.15, -0.1) is 0 Å². The Morgan fingerprint density at radius 2 is 1.76 bits per heavy atom. The molecule has 1 amide bonds. The standard InChI is InChI=1S/C22H23F2N7O2/c1-14-2-3-19(31-27-4-5-28-31)18(6-14)21(32)29-9-15-11-30(12-16(15)10-29)22-25-7-17(8-26-22)33-13-20(23)24/h2-8,15-16,20H,9-13H2,1H3. The first-order valence-electron chi connectivity index (χ1n) is 10.7. The van der Waals surface area contributed by atoms with Crippen LogP contribution in [0.3, 0.4) is 0 Å². The summed E-state index contributed by atoms with van der Waals surface area (Å²) in [7, 11) is 0. The van der Waals surface area contributed by atoms with E-state index in [1.807, 2.05) is 30.0 Å². The number of carbonyl (C=O) groups is 1. The maximum absolute atomic E-state index is 13.4. The summed E-state index contributed by atoms with van der Waals surface area (Å²) in [5.74, 6) is 1.35. The number of halogens is 2. The summed E-state index contributed by atoms with van der Waals surface area (Å²) < 4.78 is 29.5. The molecule has 2 aliphatic heterocycles. The highest BCUT2D eigenvalue weighted by atomic mass is 19.3. The van der Waals surface area contributed by atoms with Gasteiger partial charge in [0.25, 0.3) is 12.3 Å². The Kier molecular flexibility index (Phi) is 5.61. The topological polar surface area (TPSA) is 89.3 Å². The van der Waals surface area contributed by atoms with Crippen molar-refractivity contribution >= 4 is 11.9 Å². The lowest BCUT2D eigenvalue weighted by Gasteiger charge is -2.22. The van der Waals surface area contributed by atoms with Gasteiger partial charge in [0.15, 0.2) is 5.75 Å². The van der Waals surface area contributed by atoms with Crippen molar-refractivity contribution < 1.29 is 18.3 Å². The molecule has 0 aliphatic carbocycles. The molecule has 2 saturated heterocycles. The predicted octanol–water partition coefficient (Wildman–Crippen LogP) is 2.22. The lowest BCUT2D eigenvalue weighted by Crippen LogP contribution is -2.34. The van der Waals surface area contributed by atoms with E-state index in [2.05, 4.69) is 25.1 Å². The number of amides is 1. The molecule has 2 aromatic heterocycles. The van der Waals surface area contributed by atoms with Crippen molar-refractivity contribution in [2.24, 2.45) is 11.8 Å². The van der Waals surface area contributed by atoms with Crippen molar-refractivity contribution in [2.45, 2.75) is 13.3 Å². The van der Waals surface area contributed by atoms with Crippen LogP contribution in [0.5, 0.6) is 5.75 Å². The van der Waals surface area contributed by atoms with Crippen molar-refractivity contribution in [2.75, 3.05) is 37.7 Å². The van der Waals surface area contributed by atoms with Crippen LogP contribution in [0.25, 0.3) is 5.69 Å². The van der Waals surface area contributed by atoms with Gasteiger partial charge in [0.1, 0.15) is 6.61 Å². The fourth-order valence-electron chi connectivity index (χ4n) is 4.53. The van der Waals surface area contributed by atoms with Gasteiger partial charge in [-0.05, 0) is 19.1 Å². The highest BCUT2D eigenvalue weighted by Crippen LogP contribution is 2.34. The van der Waals surface area contributed by atoms with E-state index in [0.717, 1.165) is 18.7 Å². The first-order valence-corrected chi connectivity index (χ1v) is 10.7. The minimum absolute atomic E-state index is 0.0243. The fraction of sp³-hybridized carbons (Fsp3) is 0.409. The fourth-order valence-corrected chi connectivity index (χ4v) is 4.53. The van der Waals surface area contributed by atoms with Crippen LogP contribution in [0.15, 0.2) is 43.0 Å². The second-order valence-electron chi connectivity index (χ2n) is 8.40. The number of anilines is 1. The van der Waals surface area contributed by atoms with E-state index in [-0.39, 0.29) is 11.7 Å². The number of hydrogen-bond donors (Lipinski definition) is 0. The van der Waals surface area contributed by atoms with Crippen LogP contribution in [0.4, 0.5) is 14.7 Å². The lowest BCUT2D eigenvalue weighted by atomic mass is 10.0. The molecule has 0 saturated carbocycles. The number of carbonyl (C=O) groups excluding carboxylic acids is 1. The van der Waals surface area contributed by atoms with Gasteiger partial charge >= 0.3 is 0 Å². The van der Waals surface area contributed by atoms with Crippen molar-refractivity contribution in [3.05, 3.63) is 54.1 Å². The molecule has 2 aliphatic rings. The smallest absolute Gasteiger partial charge is 0.272 e. The van der Waals surface area contributed by atoms with Gasteiger partial charge in [-0.3, -0.25) is 4.79 Å². The summed E-state index contributed by atoms with van der Waals surface area (Å²) in [5, 5.41) is 8.36. The molecule has 0 bridgehead atoms. The van der Waals surface area contributed by atoms with Gasteiger partial charge in [-0.1, -0.05) is 11.6 Å². The number of hydrogen-bond acceptors (Lipinski definition) is 7. The van der Waals surface area contributed by atoms with E-state index in [1.165, 1.54) is 17.2 Å². The third-order valence-corrected chi connectivity index (χ3v) is 6.06. The van der Waals surface area contributed by atoms with Crippen LogP contribution >= 0.6 is 0 Å². The monoisotopic (exact) mass is 455 g/mol. The summed E-state index contributed by atoms with van der Waals surface area (Å²) in [5.41, 5.74) is 2.25. The van der Waals surface area contributed by atoms with Crippen molar-refractivity contribution in [3.63, 3.8) is 0 Å². The molecule has 2 fully saturated rings. The predicted molar refractivity (Wildman–Crippen MR) is 115 cm³/mol. The number of alkyl halides is 2. The van der Waals surface area contributed by atoms with Gasteiger partial charge in [-0.2, -0.15) is 15.0 Å². The van der Waals surface area contributed by atoms with Crippen LogP contribution in [-0.2, 0) is 0 Å². The zero-order chi connectivity index (χ0) is 22.9. The average Bonchev–Trinajstić information content (AvgIpc) is 3.54. The third-order valence-electron chi connectivity index (χ3n) is 6.06. The van der Waals surface area contributed by atoms with Gasteiger partial charge < -0.3 is 14.5 Å². The number of aromatic nitrogens is 5. The van der Waals surface area contributed by atoms with Crippen LogP contribution in [0, 0.1) is 18.8 Å². The first-order chi connectivity index (χ1) is 16.0. The highest BCUT2D eigenvalue weighted by molar-refractivity contribution is 5.98. The van der Waals surface area contributed by atoms with Gasteiger partial charge in [0.05, 0.1) is 36.0 Å². The molecule has 0 spiro atoms. The number of fused-ring (bicyclic) bond motifs is 1. The molecule has 33 heavy (non-hydrogen) atoms. The molecule has 172 valence electrons. The Bertz CT molecular complexity index is 1110. The minimum atomic E-state index is -2.54. The average molecular weight is 455 g/mol. The molecule has 0 N–H and O–H groups in total. The number of aryl methyl sites for hydroxylation is 1. The Hall–Kier alpha value is -3.63. The van der Waals surface area contributed by atoms with E-state index in [4.69, 9.17) is 4.74 Å². The van der Waals surface area contributed by atoms with Crippen molar-refractivity contribution in [3.8, 4) is 11.4 Å². The summed E-state index contributed by atoms with van der Waals surface area (Å²) in [6.45, 7) is 4.03. The van der Waals surface area contributed by atoms with Crippen LogP contribution in [0.2, 0.25) is 0 Å². The number of ether oxygens (including phenoxy) is 1. The van der Waals surface area contributed by atoms with E-state index in [0.29, 0.717) is 42.1 Å². The number of rotatable bonds is 6. The number of nitrogens with zero attached hydrogens (tertiary/aromatic N) is 7. The molecule has 9 nitrogen and oxygen atoms in total. The van der Waals surface area contributed by atoms with E-state index >= 15 is 0 Å². The van der Waals surface area contributed by atoms with Gasteiger partial charge in [-0.25, -0.2) is 18.7 Å². The summed E-state index contributed by atoms with van der Waals surface area (Å²) >= 11 is 0. The third kappa shape index (κ3) is 4.35. The first kappa shape index (κ1) is 21.2. The molecular weight excluding hydrogens is 432 g/mol. The zero-order valence-corrected chi connectivity index (χ0v) is 18.0. The summed E-state index contributed by atoms with van der Waals surface area (Å²) in [6, 6.07) is 5.69. The molecule has 11 heteroatoms. The molecule has 0 radical (unpaired) electrons. The normalized spacial score (nSPS) is 19.9. The molecule has 2 atom stereocenters. The SMILES string of the molecule is Cc1ccc(-n2nccn2)c(C(=O)N2CC3CN(c4ncc(OCC(F)F)cn4)CC3C2)c1. The zero-order valence-electron chi connectivity index (χ0n) is 18.0. The summed E-state index contributed by atoms with van der Waals surface area (Å²) in [6.07, 6.45) is 3.46. The van der Waals surface area contributed by atoms with Gasteiger partial charge in [0.2, 0.25) is 5.95 Å². The number of likely N-dealkylation sites (tertiary alicyclic amines) is 1. The molecule has 4 heterocycles. The quantitative estimate of drug-likeness (QED) is 0.563. The second-order valence-corrected chi connectivity index (χ2v) is 8.40. The van der Waals surface area contributed by atoms with Gasteiger partial charge in [0, 0.05) is 38.0 Å². The molecule has 5 rings (SSSR count). The molecular formula is C22H23F2N7O2. The second kappa shape index (κ2) is 8.72. The van der Waals surface area contributed by atoms with E-state index < -0.39 is 13.0 Å². The highest BCUT2D eigenvalue weighted by Gasteiger charge is 2.42. The molecule has 3 aromatic rings. The Morgan fingerprint density at radius 3 is 2.39 bits per heavy atom. The van der Waals surface area contributed by atoms with Crippen molar-refractivity contribution in [1.82, 2.24) is 29.9 Å². The lowest BCUT2D eigenvalue weighted by molar-refractivity contribution is 0.0782. The summed E-state index contributed by atoms with van der Waals surface area (Å²) in [4.78, 5) is 27.4. The van der Waals surface area contributed by atoms with Crippen LogP contribution in [0.1, 0.15) is 15.9 Å². The Balaban J connectivity index is 1.24. The van der Waals surface area contributed by atoms with Crippen LogP contribution < -0.4 is 9.64 Å². The maximum atomic E-state index is 13.4. The maximum Gasteiger partial charge on any atom is 0.272 e. The number of benzene rings is 1. The largest absolute Gasteiger partial charge is 0.484 e. The van der Waals surface area contributed by atoms with E-state index in [1.54, 1.807) is 12.4 Å².